The zero-order valence-electron chi connectivity index (χ0n) is 19.7. The second-order valence-electron chi connectivity index (χ2n) is 8.13. The number of carbonyl (C=O) groups is 1. The molecule has 0 saturated heterocycles. The fourth-order valence-electron chi connectivity index (χ4n) is 4.13. The van der Waals surface area contributed by atoms with Crippen molar-refractivity contribution in [2.75, 3.05) is 26.0 Å². The number of nitrogens with two attached hydrogens (primary N) is 1. The highest BCUT2D eigenvalue weighted by atomic mass is 16.5. The van der Waals surface area contributed by atoms with E-state index in [1.165, 1.54) is 7.11 Å². The minimum atomic E-state index is -0.233. The average Bonchev–Trinajstić information content (AvgIpc) is 3.22. The Labute approximate surface area is 199 Å². The van der Waals surface area contributed by atoms with Gasteiger partial charge in [-0.05, 0) is 37.1 Å². The molecular weight excluding hydrogens is 430 g/mol. The van der Waals surface area contributed by atoms with Gasteiger partial charge in [-0.1, -0.05) is 42.5 Å². The molecule has 2 aromatic heterocycles. The van der Waals surface area contributed by atoms with Crippen LogP contribution in [0.25, 0.3) is 21.9 Å². The van der Waals surface area contributed by atoms with Crippen LogP contribution in [0.5, 0.6) is 0 Å². The van der Waals surface area contributed by atoms with Crippen molar-refractivity contribution in [3.05, 3.63) is 65.5 Å². The van der Waals surface area contributed by atoms with E-state index in [2.05, 4.69) is 27.0 Å². The lowest BCUT2D eigenvalue weighted by atomic mass is 10.1. The maximum absolute atomic E-state index is 11.5. The number of rotatable bonds is 11. The Morgan fingerprint density at radius 2 is 1.94 bits per heavy atom. The number of pyridine rings is 1. The number of nitrogens with zero attached hydrogens (tertiary/aromatic N) is 3. The van der Waals surface area contributed by atoms with Crippen LogP contribution in [0, 0.1) is 0 Å². The van der Waals surface area contributed by atoms with Crippen molar-refractivity contribution < 1.29 is 14.3 Å². The number of ether oxygens (including phenoxy) is 2. The van der Waals surface area contributed by atoms with Crippen molar-refractivity contribution >= 4 is 33.7 Å². The van der Waals surface area contributed by atoms with Crippen molar-refractivity contribution in [1.82, 2.24) is 19.9 Å². The van der Waals surface area contributed by atoms with Crippen LogP contribution in [0.1, 0.15) is 30.3 Å². The maximum Gasteiger partial charge on any atom is 0.309 e. The van der Waals surface area contributed by atoms with Gasteiger partial charge in [0.05, 0.1) is 24.6 Å². The zero-order chi connectivity index (χ0) is 23.9. The Morgan fingerprint density at radius 1 is 1.12 bits per heavy atom. The van der Waals surface area contributed by atoms with Gasteiger partial charge >= 0.3 is 5.97 Å². The molecule has 4 rings (SSSR count). The van der Waals surface area contributed by atoms with Crippen molar-refractivity contribution in [2.45, 2.75) is 39.5 Å². The second kappa shape index (κ2) is 11.1. The molecule has 0 bridgehead atoms. The average molecular weight is 462 g/mol. The van der Waals surface area contributed by atoms with Gasteiger partial charge in [0, 0.05) is 25.1 Å². The molecule has 8 heteroatoms. The predicted octanol–water partition coefficient (Wildman–Crippen LogP) is 3.60. The number of aromatic nitrogens is 3. The van der Waals surface area contributed by atoms with Crippen molar-refractivity contribution in [3.8, 4) is 0 Å². The summed E-state index contributed by atoms with van der Waals surface area (Å²) < 4.78 is 12.7. The first-order valence-corrected chi connectivity index (χ1v) is 11.6. The number of para-hydroxylation sites is 1. The number of esters is 1. The second-order valence-corrected chi connectivity index (χ2v) is 8.13. The van der Waals surface area contributed by atoms with Gasteiger partial charge in [0.25, 0.3) is 0 Å². The largest absolute Gasteiger partial charge is 0.469 e. The number of hydrogen-bond donors (Lipinski definition) is 2. The van der Waals surface area contributed by atoms with Gasteiger partial charge in [0.15, 0.2) is 5.82 Å². The molecule has 0 atom stereocenters. The fourth-order valence-corrected chi connectivity index (χ4v) is 4.13. The smallest absolute Gasteiger partial charge is 0.309 e. The minimum absolute atomic E-state index is 0.233. The molecule has 2 heterocycles. The molecule has 0 amide bonds. The number of carbonyl (C=O) groups excluding carboxylic acids is 1. The SMILES string of the molecule is CCOCc1nc2c(N)nc3ccccc3c2n1CCCNCc1cccc(CC(=O)OC)c1. The number of benzene rings is 2. The number of aryl methyl sites for hydroxylation is 1. The Balaban J connectivity index is 1.46. The molecule has 0 fully saturated rings. The number of imidazole rings is 1. The third kappa shape index (κ3) is 5.35. The Bertz CT molecular complexity index is 1280. The number of nitrogens with one attached hydrogen (secondary N) is 1. The molecule has 3 N–H and O–H groups in total. The summed E-state index contributed by atoms with van der Waals surface area (Å²) in [4.78, 5) is 20.8. The number of hydrogen-bond acceptors (Lipinski definition) is 7. The normalized spacial score (nSPS) is 11.4. The highest BCUT2D eigenvalue weighted by Gasteiger charge is 2.17. The van der Waals surface area contributed by atoms with Gasteiger partial charge < -0.3 is 25.1 Å². The first-order chi connectivity index (χ1) is 16.6. The van der Waals surface area contributed by atoms with E-state index in [0.29, 0.717) is 19.0 Å². The molecular formula is C26H31N5O3. The number of fused-ring (bicyclic) bond motifs is 3. The molecule has 0 spiro atoms. The summed E-state index contributed by atoms with van der Waals surface area (Å²) in [5.41, 5.74) is 10.9. The summed E-state index contributed by atoms with van der Waals surface area (Å²) in [6.45, 7) is 5.36. The maximum atomic E-state index is 11.5. The lowest BCUT2D eigenvalue weighted by Gasteiger charge is -2.12. The summed E-state index contributed by atoms with van der Waals surface area (Å²) in [6, 6.07) is 16.0. The van der Waals surface area contributed by atoms with Gasteiger partial charge in [0.1, 0.15) is 17.9 Å². The lowest BCUT2D eigenvalue weighted by molar-refractivity contribution is -0.139. The molecule has 178 valence electrons. The quantitative estimate of drug-likeness (QED) is 0.260. The summed E-state index contributed by atoms with van der Waals surface area (Å²) in [7, 11) is 1.41. The lowest BCUT2D eigenvalue weighted by Crippen LogP contribution is -2.17. The van der Waals surface area contributed by atoms with E-state index in [9.17, 15) is 4.79 Å². The molecule has 4 aromatic rings. The van der Waals surface area contributed by atoms with E-state index in [4.69, 9.17) is 20.2 Å². The predicted molar refractivity (Wildman–Crippen MR) is 133 cm³/mol. The number of anilines is 1. The van der Waals surface area contributed by atoms with E-state index in [1.54, 1.807) is 0 Å². The number of nitrogen functional groups attached to an aromatic ring is 1. The Kier molecular flexibility index (Phi) is 7.72. The van der Waals surface area contributed by atoms with E-state index >= 15 is 0 Å². The highest BCUT2D eigenvalue weighted by molar-refractivity contribution is 6.06. The highest BCUT2D eigenvalue weighted by Crippen LogP contribution is 2.29. The number of methoxy groups -OCH3 is 1. The molecule has 0 radical (unpaired) electrons. The molecule has 8 nitrogen and oxygen atoms in total. The molecule has 0 saturated carbocycles. The van der Waals surface area contributed by atoms with E-state index in [0.717, 1.165) is 64.9 Å². The van der Waals surface area contributed by atoms with Crippen LogP contribution in [0.2, 0.25) is 0 Å². The molecule has 34 heavy (non-hydrogen) atoms. The summed E-state index contributed by atoms with van der Waals surface area (Å²) in [5, 5.41) is 4.54. The van der Waals surface area contributed by atoms with Gasteiger partial charge in [-0.2, -0.15) is 0 Å². The molecule has 0 aliphatic rings. The third-order valence-corrected chi connectivity index (χ3v) is 5.76. The third-order valence-electron chi connectivity index (χ3n) is 5.76. The van der Waals surface area contributed by atoms with Crippen molar-refractivity contribution in [2.24, 2.45) is 0 Å². The van der Waals surface area contributed by atoms with Crippen molar-refractivity contribution in [3.63, 3.8) is 0 Å². The van der Waals surface area contributed by atoms with Crippen LogP contribution in [0.4, 0.5) is 5.82 Å². The van der Waals surface area contributed by atoms with Gasteiger partial charge in [-0.25, -0.2) is 9.97 Å². The molecule has 0 unspecified atom stereocenters. The summed E-state index contributed by atoms with van der Waals surface area (Å²) in [5.74, 6) is 1.07. The summed E-state index contributed by atoms with van der Waals surface area (Å²) in [6.07, 6.45) is 1.19. The van der Waals surface area contributed by atoms with E-state index in [1.807, 2.05) is 43.3 Å². The fraction of sp³-hybridized carbons (Fsp3) is 0.346. The molecule has 0 aliphatic carbocycles. The summed E-state index contributed by atoms with van der Waals surface area (Å²) >= 11 is 0. The standard InChI is InChI=1S/C26H31N5O3/c1-3-34-17-22-30-24-25(20-10-4-5-11-21(20)29-26(24)27)31(22)13-7-12-28-16-19-9-6-8-18(14-19)15-23(32)33-2/h4-6,8-11,14,28H,3,7,12-13,15-17H2,1-2H3,(H2,27,29). The van der Waals surface area contributed by atoms with Gasteiger partial charge in [-0.15, -0.1) is 0 Å². The van der Waals surface area contributed by atoms with Crippen LogP contribution in [-0.4, -0.2) is 40.8 Å². The van der Waals surface area contributed by atoms with Gasteiger partial charge in [-0.3, -0.25) is 4.79 Å². The Hall–Kier alpha value is -3.49. The first kappa shape index (κ1) is 23.7. The Morgan fingerprint density at radius 3 is 2.76 bits per heavy atom. The van der Waals surface area contributed by atoms with E-state index in [-0.39, 0.29) is 12.4 Å². The molecule has 2 aromatic carbocycles. The zero-order valence-corrected chi connectivity index (χ0v) is 19.7. The monoisotopic (exact) mass is 461 g/mol. The van der Waals surface area contributed by atoms with Gasteiger partial charge in [0.2, 0.25) is 0 Å². The van der Waals surface area contributed by atoms with E-state index < -0.39 is 0 Å². The van der Waals surface area contributed by atoms with Crippen LogP contribution in [0.15, 0.2) is 48.5 Å². The molecule has 0 aliphatic heterocycles. The van der Waals surface area contributed by atoms with Crippen LogP contribution < -0.4 is 11.1 Å². The van der Waals surface area contributed by atoms with Crippen LogP contribution >= 0.6 is 0 Å². The van der Waals surface area contributed by atoms with Crippen molar-refractivity contribution in [1.29, 1.82) is 0 Å². The first-order valence-electron chi connectivity index (χ1n) is 11.6. The van der Waals surface area contributed by atoms with Crippen LogP contribution in [-0.2, 0) is 40.4 Å². The topological polar surface area (TPSA) is 104 Å². The minimum Gasteiger partial charge on any atom is -0.469 e. The van der Waals surface area contributed by atoms with Crippen LogP contribution in [0.3, 0.4) is 0 Å².